The Hall–Kier alpha value is -2.62. The molecule has 1 amide bonds. The fraction of sp³-hybridized carbons (Fsp3) is 0.464. The van der Waals surface area contributed by atoms with Crippen LogP contribution in [0.15, 0.2) is 48.5 Å². The molecule has 0 saturated heterocycles. The molecule has 0 bridgehead atoms. The van der Waals surface area contributed by atoms with Crippen LogP contribution < -0.4 is 5.73 Å². The molecule has 1 heterocycles. The highest BCUT2D eigenvalue weighted by Gasteiger charge is 2.41. The molecule has 0 aliphatic carbocycles. The molecule has 32 heavy (non-hydrogen) atoms. The number of benzene rings is 2. The number of rotatable bonds is 13. The number of nitrogens with one attached hydrogen (secondary N) is 1. The minimum Gasteiger partial charge on any atom is -0.369 e. The number of carbonyl (C=O) groups excluding carboxylic acids is 1. The van der Waals surface area contributed by atoms with E-state index in [4.69, 9.17) is 5.73 Å². The molecule has 3 N–H and O–H groups in total. The molecule has 2 aromatic carbocycles. The largest absolute Gasteiger partial charge is 0.369 e. The van der Waals surface area contributed by atoms with Gasteiger partial charge in [0.05, 0.1) is 11.1 Å². The molecule has 0 atom stereocenters. The molecule has 0 unspecified atom stereocenters. The van der Waals surface area contributed by atoms with Gasteiger partial charge in [0.25, 0.3) is 0 Å². The highest BCUT2D eigenvalue weighted by atomic mass is 19.1. The van der Waals surface area contributed by atoms with E-state index in [1.165, 1.54) is 12.1 Å². The fourth-order valence-electron chi connectivity index (χ4n) is 4.92. The first kappa shape index (κ1) is 24.0. The first-order valence-corrected chi connectivity index (χ1v) is 12.2. The third-order valence-electron chi connectivity index (χ3n) is 6.70. The predicted molar refractivity (Wildman–Crippen MR) is 132 cm³/mol. The first-order valence-electron chi connectivity index (χ1n) is 12.2. The maximum atomic E-state index is 13.7. The molecule has 3 aromatic rings. The van der Waals surface area contributed by atoms with Gasteiger partial charge in [-0.15, -0.1) is 0 Å². The zero-order chi connectivity index (χ0) is 23.0. The molecule has 0 fully saturated rings. The normalized spacial score (nSPS) is 11.8. The molecule has 0 saturated carbocycles. The number of nitrogens with two attached hydrogens (primary N) is 1. The van der Waals surface area contributed by atoms with E-state index in [9.17, 15) is 9.18 Å². The number of aromatic nitrogens is 1. The number of amides is 1. The van der Waals surface area contributed by atoms with Crippen molar-refractivity contribution < 1.29 is 9.18 Å². The highest BCUT2D eigenvalue weighted by Crippen LogP contribution is 2.45. The zero-order valence-corrected chi connectivity index (χ0v) is 19.6. The lowest BCUT2D eigenvalue weighted by Gasteiger charge is -2.32. The van der Waals surface area contributed by atoms with Crippen LogP contribution in [-0.4, -0.2) is 10.9 Å². The number of para-hydroxylation sites is 1. The van der Waals surface area contributed by atoms with Crippen LogP contribution in [0.3, 0.4) is 0 Å². The van der Waals surface area contributed by atoms with E-state index in [0.717, 1.165) is 91.9 Å². The van der Waals surface area contributed by atoms with E-state index in [1.807, 2.05) is 18.2 Å². The Labute approximate surface area is 191 Å². The van der Waals surface area contributed by atoms with Gasteiger partial charge in [0, 0.05) is 16.5 Å². The molecule has 1 aromatic heterocycles. The van der Waals surface area contributed by atoms with Crippen molar-refractivity contribution in [3.05, 3.63) is 59.9 Å². The number of hydrogen-bond donors (Lipinski definition) is 2. The van der Waals surface area contributed by atoms with E-state index in [-0.39, 0.29) is 11.7 Å². The van der Waals surface area contributed by atoms with E-state index in [1.54, 1.807) is 12.1 Å². The van der Waals surface area contributed by atoms with Crippen molar-refractivity contribution in [1.82, 2.24) is 4.98 Å². The van der Waals surface area contributed by atoms with Gasteiger partial charge in [-0.25, -0.2) is 4.39 Å². The van der Waals surface area contributed by atoms with Crippen LogP contribution in [0.25, 0.3) is 22.2 Å². The van der Waals surface area contributed by atoms with Gasteiger partial charge in [-0.05, 0) is 48.7 Å². The number of fused-ring (bicyclic) bond motifs is 1. The lowest BCUT2D eigenvalue weighted by Crippen LogP contribution is -2.41. The smallest absolute Gasteiger partial charge is 0.228 e. The summed E-state index contributed by atoms with van der Waals surface area (Å²) in [5.74, 6) is -0.523. The Morgan fingerprint density at radius 3 is 2.03 bits per heavy atom. The number of unbranched alkanes of at least 4 members (excludes halogenated alkanes) is 6. The third-order valence-corrected chi connectivity index (χ3v) is 6.70. The van der Waals surface area contributed by atoms with E-state index < -0.39 is 5.41 Å². The third kappa shape index (κ3) is 5.23. The zero-order valence-electron chi connectivity index (χ0n) is 19.6. The Bertz CT molecular complexity index is 994. The molecule has 172 valence electrons. The van der Waals surface area contributed by atoms with E-state index in [2.05, 4.69) is 24.9 Å². The molecule has 0 aliphatic rings. The van der Waals surface area contributed by atoms with Gasteiger partial charge in [0.15, 0.2) is 0 Å². The van der Waals surface area contributed by atoms with Gasteiger partial charge in [-0.2, -0.15) is 0 Å². The summed E-state index contributed by atoms with van der Waals surface area (Å²) in [6.07, 6.45) is 10.2. The van der Waals surface area contributed by atoms with E-state index >= 15 is 0 Å². The van der Waals surface area contributed by atoms with Crippen molar-refractivity contribution in [2.24, 2.45) is 5.73 Å². The molecular weight excluding hydrogens is 399 g/mol. The van der Waals surface area contributed by atoms with Crippen molar-refractivity contribution in [2.45, 2.75) is 83.5 Å². The maximum Gasteiger partial charge on any atom is 0.228 e. The molecule has 3 nitrogen and oxygen atoms in total. The van der Waals surface area contributed by atoms with Crippen LogP contribution in [0.5, 0.6) is 0 Å². The second-order valence-corrected chi connectivity index (χ2v) is 9.00. The molecule has 3 rings (SSSR count). The van der Waals surface area contributed by atoms with Gasteiger partial charge in [0.1, 0.15) is 5.82 Å². The van der Waals surface area contributed by atoms with Crippen LogP contribution >= 0.6 is 0 Å². The minimum atomic E-state index is -0.745. The molecular formula is C28H37FN2O. The van der Waals surface area contributed by atoms with Crippen molar-refractivity contribution in [2.75, 3.05) is 0 Å². The summed E-state index contributed by atoms with van der Waals surface area (Å²) in [7, 11) is 0. The van der Waals surface area contributed by atoms with Gasteiger partial charge in [-0.1, -0.05) is 83.4 Å². The molecule has 0 spiro atoms. The number of halogens is 1. The SMILES string of the molecule is CCCCCCC(CCCCCC)(C(N)=O)c1c(-c2ccc(F)cc2)[nH]c2ccccc12. The summed E-state index contributed by atoms with van der Waals surface area (Å²) < 4.78 is 13.7. The summed E-state index contributed by atoms with van der Waals surface area (Å²) in [6.45, 7) is 4.39. The summed E-state index contributed by atoms with van der Waals surface area (Å²) in [5, 5.41) is 1.04. The van der Waals surface area contributed by atoms with Gasteiger partial charge >= 0.3 is 0 Å². The Morgan fingerprint density at radius 1 is 0.875 bits per heavy atom. The molecule has 0 radical (unpaired) electrons. The summed E-state index contributed by atoms with van der Waals surface area (Å²) in [4.78, 5) is 16.8. The van der Waals surface area contributed by atoms with Gasteiger partial charge < -0.3 is 10.7 Å². The summed E-state index contributed by atoms with van der Waals surface area (Å²) in [5.41, 5.74) is 9.23. The van der Waals surface area contributed by atoms with Crippen LogP contribution in [0.4, 0.5) is 4.39 Å². The second kappa shape index (κ2) is 11.3. The average Bonchev–Trinajstić information content (AvgIpc) is 3.18. The first-order chi connectivity index (χ1) is 15.5. The molecule has 4 heteroatoms. The van der Waals surface area contributed by atoms with Crippen LogP contribution in [-0.2, 0) is 10.2 Å². The van der Waals surface area contributed by atoms with Crippen LogP contribution in [0.2, 0.25) is 0 Å². The lowest BCUT2D eigenvalue weighted by molar-refractivity contribution is -0.124. The van der Waals surface area contributed by atoms with Crippen molar-refractivity contribution in [3.8, 4) is 11.3 Å². The Kier molecular flexibility index (Phi) is 8.49. The van der Waals surface area contributed by atoms with Crippen molar-refractivity contribution >= 4 is 16.8 Å². The number of primary amides is 1. The monoisotopic (exact) mass is 436 g/mol. The van der Waals surface area contributed by atoms with Crippen LogP contribution in [0, 0.1) is 5.82 Å². The highest BCUT2D eigenvalue weighted by molar-refractivity contribution is 5.99. The maximum absolute atomic E-state index is 13.7. The predicted octanol–water partition coefficient (Wildman–Crippen LogP) is 7.64. The number of H-pyrrole nitrogens is 1. The lowest BCUT2D eigenvalue weighted by atomic mass is 9.70. The van der Waals surface area contributed by atoms with Crippen molar-refractivity contribution in [1.29, 1.82) is 0 Å². The van der Waals surface area contributed by atoms with Gasteiger partial charge in [-0.3, -0.25) is 4.79 Å². The Morgan fingerprint density at radius 2 is 1.47 bits per heavy atom. The van der Waals surface area contributed by atoms with Crippen LogP contribution in [0.1, 0.15) is 83.6 Å². The number of hydrogen-bond acceptors (Lipinski definition) is 1. The summed E-state index contributed by atoms with van der Waals surface area (Å²) in [6, 6.07) is 14.6. The average molecular weight is 437 g/mol. The van der Waals surface area contributed by atoms with Crippen molar-refractivity contribution in [3.63, 3.8) is 0 Å². The second-order valence-electron chi connectivity index (χ2n) is 9.00. The molecule has 0 aliphatic heterocycles. The fourth-order valence-corrected chi connectivity index (χ4v) is 4.92. The number of aromatic amines is 1. The number of carbonyl (C=O) groups is 1. The Balaban J connectivity index is 2.16. The summed E-state index contributed by atoms with van der Waals surface area (Å²) >= 11 is 0. The standard InChI is InChI=1S/C28H37FN2O/c1-3-5-7-11-19-28(27(30)32,20-12-8-6-4-2)25-23-13-9-10-14-24(23)31-26(25)21-15-17-22(29)18-16-21/h9-10,13-18,31H,3-8,11-12,19-20H2,1-2H3,(H2,30,32). The van der Waals surface area contributed by atoms with E-state index in [0.29, 0.717) is 0 Å². The quantitative estimate of drug-likeness (QED) is 0.266. The van der Waals surface area contributed by atoms with Gasteiger partial charge in [0.2, 0.25) is 5.91 Å². The topological polar surface area (TPSA) is 58.9 Å². The minimum absolute atomic E-state index is 0.251.